The fraction of sp³-hybridized carbons (Fsp3) is 0.360. The predicted octanol–water partition coefficient (Wildman–Crippen LogP) is 3.78. The Morgan fingerprint density at radius 1 is 1.16 bits per heavy atom. The van der Waals surface area contributed by atoms with Crippen molar-refractivity contribution < 1.29 is 9.59 Å². The van der Waals surface area contributed by atoms with Crippen molar-refractivity contribution in [1.82, 2.24) is 15.5 Å². The van der Waals surface area contributed by atoms with Gasteiger partial charge in [-0.05, 0) is 58.7 Å². The zero-order valence-electron chi connectivity index (χ0n) is 17.9. The monoisotopic (exact) mass is 416 g/mol. The highest BCUT2D eigenvalue weighted by Gasteiger charge is 2.52. The zero-order chi connectivity index (χ0) is 21.6. The van der Waals surface area contributed by atoms with Gasteiger partial charge < -0.3 is 16.0 Å². The first-order valence-corrected chi connectivity index (χ1v) is 10.9. The highest BCUT2D eigenvalue weighted by molar-refractivity contribution is 5.92. The van der Waals surface area contributed by atoms with E-state index in [1.54, 1.807) is 4.90 Å². The number of hydrogen-bond acceptors (Lipinski definition) is 4. The molecule has 1 aromatic rings. The Labute approximate surface area is 182 Å². The highest BCUT2D eigenvalue weighted by Crippen LogP contribution is 2.52. The van der Waals surface area contributed by atoms with Gasteiger partial charge in [-0.15, -0.1) is 0 Å². The van der Waals surface area contributed by atoms with Gasteiger partial charge in [-0.3, -0.25) is 9.69 Å². The third-order valence-electron chi connectivity index (χ3n) is 6.73. The Morgan fingerprint density at radius 3 is 2.65 bits per heavy atom. The number of benzene rings is 1. The van der Waals surface area contributed by atoms with Crippen LogP contribution in [0.15, 0.2) is 66.2 Å². The normalized spacial score (nSPS) is 25.6. The largest absolute Gasteiger partial charge is 0.367 e. The minimum atomic E-state index is -0.150. The Bertz CT molecular complexity index is 1050. The summed E-state index contributed by atoms with van der Waals surface area (Å²) in [6.07, 6.45) is 11.5. The number of ketones is 1. The topological polar surface area (TPSA) is 73.5 Å². The van der Waals surface area contributed by atoms with E-state index >= 15 is 0 Å². The number of nitrogens with one attached hydrogen (secondary N) is 3. The maximum atomic E-state index is 12.8. The Balaban J connectivity index is 1.21. The molecule has 3 N–H and O–H groups in total. The second-order valence-electron chi connectivity index (χ2n) is 9.43. The molecule has 6 heteroatoms. The number of rotatable bonds is 4. The van der Waals surface area contributed by atoms with Crippen LogP contribution >= 0.6 is 0 Å². The standard InChI is InChI=1S/C25H28N4O2/c1-25(2)12-21(25)23(30)22-11-17(8-10-27-22)16-3-5-20(6-4-16)28-24(31)29-14-18-7-9-26-13-19(18)15-29/h3-9,13-14,21-22,26-27H,10-12,15H2,1-2H3,(H,28,31). The van der Waals surface area contributed by atoms with Crippen LogP contribution in [0.25, 0.3) is 5.57 Å². The van der Waals surface area contributed by atoms with E-state index < -0.39 is 0 Å². The summed E-state index contributed by atoms with van der Waals surface area (Å²) in [5, 5.41) is 9.38. The number of urea groups is 1. The number of anilines is 1. The average Bonchev–Trinajstić information content (AvgIpc) is 3.21. The van der Waals surface area contributed by atoms with Gasteiger partial charge in [-0.25, -0.2) is 4.79 Å². The summed E-state index contributed by atoms with van der Waals surface area (Å²) in [6.45, 7) is 5.60. The van der Waals surface area contributed by atoms with Crippen LogP contribution in [0, 0.1) is 11.3 Å². The van der Waals surface area contributed by atoms with Crippen molar-refractivity contribution in [1.29, 1.82) is 0 Å². The smallest absolute Gasteiger partial charge is 0.326 e. The van der Waals surface area contributed by atoms with Gasteiger partial charge in [0.25, 0.3) is 0 Å². The molecule has 0 spiro atoms. The summed E-state index contributed by atoms with van der Waals surface area (Å²) in [5.74, 6) is 0.535. The molecule has 4 aliphatic rings. The van der Waals surface area contributed by atoms with Crippen molar-refractivity contribution in [2.45, 2.75) is 32.7 Å². The molecule has 0 bridgehead atoms. The van der Waals surface area contributed by atoms with E-state index in [4.69, 9.17) is 0 Å². The van der Waals surface area contributed by atoms with Gasteiger partial charge in [0.15, 0.2) is 5.78 Å². The number of hydrogen-bond donors (Lipinski definition) is 3. The molecule has 2 unspecified atom stereocenters. The molecule has 5 rings (SSSR count). The minimum Gasteiger partial charge on any atom is -0.367 e. The van der Waals surface area contributed by atoms with Crippen molar-refractivity contribution in [3.05, 3.63) is 71.7 Å². The highest BCUT2D eigenvalue weighted by atomic mass is 16.2. The van der Waals surface area contributed by atoms with Gasteiger partial charge in [0.2, 0.25) is 0 Å². The van der Waals surface area contributed by atoms with Gasteiger partial charge in [0, 0.05) is 36.7 Å². The van der Waals surface area contributed by atoms with Crippen molar-refractivity contribution in [2.24, 2.45) is 11.3 Å². The summed E-state index contributed by atoms with van der Waals surface area (Å²) in [7, 11) is 0. The number of dihydropyridines is 1. The van der Waals surface area contributed by atoms with Gasteiger partial charge in [0.1, 0.15) is 0 Å². The number of allylic oxidation sites excluding steroid dienone is 1. The maximum Gasteiger partial charge on any atom is 0.326 e. The third-order valence-corrected chi connectivity index (χ3v) is 6.73. The van der Waals surface area contributed by atoms with E-state index in [0.29, 0.717) is 18.9 Å². The van der Waals surface area contributed by atoms with Crippen LogP contribution in [0.5, 0.6) is 0 Å². The Kier molecular flexibility index (Phi) is 4.82. The van der Waals surface area contributed by atoms with Gasteiger partial charge in [0.05, 0.1) is 12.6 Å². The lowest BCUT2D eigenvalue weighted by Gasteiger charge is -2.24. The van der Waals surface area contributed by atoms with Crippen LogP contribution in [-0.2, 0) is 4.79 Å². The van der Waals surface area contributed by atoms with Crippen LogP contribution < -0.4 is 16.0 Å². The zero-order valence-corrected chi connectivity index (χ0v) is 17.9. The first-order chi connectivity index (χ1) is 14.9. The van der Waals surface area contributed by atoms with E-state index in [0.717, 1.165) is 35.2 Å². The molecule has 2 atom stereocenters. The summed E-state index contributed by atoms with van der Waals surface area (Å²) in [5.41, 5.74) is 5.36. The number of carbonyl (C=O) groups excluding carboxylic acids is 2. The molecule has 1 saturated carbocycles. The first-order valence-electron chi connectivity index (χ1n) is 10.9. The molecule has 3 heterocycles. The van der Waals surface area contributed by atoms with Gasteiger partial charge in [-0.2, -0.15) is 0 Å². The molecule has 1 aliphatic carbocycles. The fourth-order valence-corrected chi connectivity index (χ4v) is 4.56. The van der Waals surface area contributed by atoms with Crippen LogP contribution in [0.3, 0.4) is 0 Å². The Morgan fingerprint density at radius 2 is 1.94 bits per heavy atom. The van der Waals surface area contributed by atoms with E-state index in [2.05, 4.69) is 35.9 Å². The first kappa shape index (κ1) is 19.8. The molecule has 0 radical (unpaired) electrons. The molecule has 1 aromatic carbocycles. The molecule has 31 heavy (non-hydrogen) atoms. The number of carbonyl (C=O) groups is 2. The lowest BCUT2D eigenvalue weighted by molar-refractivity contribution is -0.122. The van der Waals surface area contributed by atoms with E-state index in [-0.39, 0.29) is 23.4 Å². The van der Waals surface area contributed by atoms with E-state index in [9.17, 15) is 9.59 Å². The summed E-state index contributed by atoms with van der Waals surface area (Å²) in [6, 6.07) is 7.64. The Hall–Kier alpha value is -3.12. The third kappa shape index (κ3) is 3.95. The van der Waals surface area contributed by atoms with Crippen LogP contribution in [0.4, 0.5) is 10.5 Å². The number of amides is 2. The number of nitrogens with zero attached hydrogens (tertiary/aromatic N) is 1. The molecule has 0 saturated heterocycles. The molecular weight excluding hydrogens is 388 g/mol. The second kappa shape index (κ2) is 7.54. The lowest BCUT2D eigenvalue weighted by atomic mass is 9.90. The van der Waals surface area contributed by atoms with E-state index in [1.807, 2.05) is 48.9 Å². The molecule has 1 fully saturated rings. The minimum absolute atomic E-state index is 0.101. The van der Waals surface area contributed by atoms with Crippen LogP contribution in [0.2, 0.25) is 0 Å². The lowest BCUT2D eigenvalue weighted by Crippen LogP contribution is -2.41. The second-order valence-corrected chi connectivity index (χ2v) is 9.43. The van der Waals surface area contributed by atoms with Gasteiger partial charge >= 0.3 is 6.03 Å². The number of fused-ring (bicyclic) bond motifs is 1. The fourth-order valence-electron chi connectivity index (χ4n) is 4.56. The summed E-state index contributed by atoms with van der Waals surface area (Å²) in [4.78, 5) is 27.1. The molecule has 3 aliphatic heterocycles. The van der Waals surface area contributed by atoms with Crippen molar-refractivity contribution in [2.75, 3.05) is 18.4 Å². The van der Waals surface area contributed by atoms with Crippen LogP contribution in [-0.4, -0.2) is 35.8 Å². The summed E-state index contributed by atoms with van der Waals surface area (Å²) >= 11 is 0. The van der Waals surface area contributed by atoms with E-state index in [1.165, 1.54) is 5.57 Å². The quantitative estimate of drug-likeness (QED) is 0.698. The van der Waals surface area contributed by atoms with Crippen molar-refractivity contribution in [3.63, 3.8) is 0 Å². The SMILES string of the molecule is CC1(C)CC1C(=O)C1CC(c2ccc(NC(=O)N3C=C4C=CNC=C4C3)cc2)=CCN1. The van der Waals surface area contributed by atoms with Gasteiger partial charge in [-0.1, -0.05) is 32.1 Å². The maximum absolute atomic E-state index is 12.8. The molecule has 2 amide bonds. The van der Waals surface area contributed by atoms with Crippen molar-refractivity contribution in [3.8, 4) is 0 Å². The molecule has 6 nitrogen and oxygen atoms in total. The average molecular weight is 417 g/mol. The predicted molar refractivity (Wildman–Crippen MR) is 122 cm³/mol. The molecular formula is C25H28N4O2. The summed E-state index contributed by atoms with van der Waals surface area (Å²) < 4.78 is 0. The number of Topliss-reactive ketones (excluding diaryl/α,β-unsaturated/α-hetero) is 1. The molecule has 160 valence electrons. The van der Waals surface area contributed by atoms with Crippen LogP contribution in [0.1, 0.15) is 32.3 Å². The van der Waals surface area contributed by atoms with Crippen molar-refractivity contribution >= 4 is 23.1 Å². The molecule has 0 aromatic heterocycles.